The van der Waals surface area contributed by atoms with Gasteiger partial charge in [0.05, 0.1) is 19.8 Å². The van der Waals surface area contributed by atoms with E-state index in [1.165, 1.54) is 0 Å². The molecule has 0 bridgehead atoms. The average Bonchev–Trinajstić information content (AvgIpc) is 2.48. The highest BCUT2D eigenvalue weighted by atomic mass is 16.5. The van der Waals surface area contributed by atoms with Gasteiger partial charge in [-0.25, -0.2) is 0 Å². The zero-order valence-electron chi connectivity index (χ0n) is 12.2. The molecule has 1 heterocycles. The number of methoxy groups -OCH3 is 1. The van der Waals surface area contributed by atoms with Gasteiger partial charge in [0, 0.05) is 25.7 Å². The summed E-state index contributed by atoms with van der Waals surface area (Å²) in [7, 11) is 1.66. The van der Waals surface area contributed by atoms with Crippen molar-refractivity contribution in [3.63, 3.8) is 0 Å². The van der Waals surface area contributed by atoms with Crippen LogP contribution in [0.15, 0.2) is 24.3 Å². The lowest BCUT2D eigenvalue weighted by Gasteiger charge is -2.34. The van der Waals surface area contributed by atoms with Crippen molar-refractivity contribution in [3.05, 3.63) is 24.3 Å². The number of nitrogens with two attached hydrogens (primary N) is 1. The van der Waals surface area contributed by atoms with Crippen LogP contribution in [0.1, 0.15) is 6.92 Å². The van der Waals surface area contributed by atoms with Gasteiger partial charge in [-0.2, -0.15) is 0 Å². The summed E-state index contributed by atoms with van der Waals surface area (Å²) in [5, 5.41) is 0. The third-order valence-electron chi connectivity index (χ3n) is 3.50. The normalized spacial score (nSPS) is 21.4. The van der Waals surface area contributed by atoms with Crippen LogP contribution in [0.25, 0.3) is 0 Å². The van der Waals surface area contributed by atoms with Crippen LogP contribution in [0.5, 0.6) is 11.5 Å². The smallest absolute Gasteiger partial charge is 0.119 e. The fraction of sp³-hybridized carbons (Fsp3) is 0.600. The maximum atomic E-state index is 5.88. The van der Waals surface area contributed by atoms with Crippen molar-refractivity contribution in [3.8, 4) is 11.5 Å². The molecule has 2 unspecified atom stereocenters. The number of hydrogen-bond donors (Lipinski definition) is 1. The molecule has 0 amide bonds. The molecule has 5 heteroatoms. The van der Waals surface area contributed by atoms with Crippen LogP contribution >= 0.6 is 0 Å². The molecule has 5 nitrogen and oxygen atoms in total. The van der Waals surface area contributed by atoms with E-state index in [9.17, 15) is 0 Å². The summed E-state index contributed by atoms with van der Waals surface area (Å²) in [5.41, 5.74) is 5.88. The van der Waals surface area contributed by atoms with Gasteiger partial charge in [-0.05, 0) is 31.2 Å². The Kier molecular flexibility index (Phi) is 5.64. The first-order valence-corrected chi connectivity index (χ1v) is 7.05. The van der Waals surface area contributed by atoms with E-state index in [0.29, 0.717) is 6.61 Å². The zero-order chi connectivity index (χ0) is 14.4. The molecular weight excluding hydrogens is 256 g/mol. The van der Waals surface area contributed by atoms with E-state index in [4.69, 9.17) is 19.9 Å². The monoisotopic (exact) mass is 280 g/mol. The van der Waals surface area contributed by atoms with Gasteiger partial charge in [0.1, 0.15) is 18.1 Å². The first-order valence-electron chi connectivity index (χ1n) is 7.05. The van der Waals surface area contributed by atoms with Crippen molar-refractivity contribution in [1.29, 1.82) is 0 Å². The Hall–Kier alpha value is -1.30. The molecular formula is C15H24N2O3. The fourth-order valence-electron chi connectivity index (χ4n) is 2.22. The fourth-order valence-corrected chi connectivity index (χ4v) is 2.22. The molecule has 0 spiro atoms. The molecule has 2 N–H and O–H groups in total. The molecule has 0 aromatic heterocycles. The van der Waals surface area contributed by atoms with Crippen molar-refractivity contribution < 1.29 is 14.2 Å². The van der Waals surface area contributed by atoms with E-state index in [1.807, 2.05) is 31.2 Å². The number of ether oxygens (including phenoxy) is 3. The highest BCUT2D eigenvalue weighted by molar-refractivity contribution is 5.31. The van der Waals surface area contributed by atoms with E-state index in [1.54, 1.807) is 7.11 Å². The minimum Gasteiger partial charge on any atom is -0.497 e. The second kappa shape index (κ2) is 7.47. The molecule has 1 aliphatic heterocycles. The molecule has 1 saturated heterocycles. The summed E-state index contributed by atoms with van der Waals surface area (Å²) in [4.78, 5) is 2.33. The van der Waals surface area contributed by atoms with Gasteiger partial charge < -0.3 is 19.9 Å². The number of morpholine rings is 1. The summed E-state index contributed by atoms with van der Waals surface area (Å²) >= 11 is 0. The predicted molar refractivity (Wildman–Crippen MR) is 78.3 cm³/mol. The number of rotatable bonds is 6. The Morgan fingerprint density at radius 1 is 1.35 bits per heavy atom. The van der Waals surface area contributed by atoms with Gasteiger partial charge in [0.25, 0.3) is 0 Å². The van der Waals surface area contributed by atoms with Crippen LogP contribution in [0.2, 0.25) is 0 Å². The number of hydrogen-bond acceptors (Lipinski definition) is 5. The van der Waals surface area contributed by atoms with Crippen molar-refractivity contribution in [2.45, 2.75) is 19.1 Å². The van der Waals surface area contributed by atoms with Gasteiger partial charge in [0.2, 0.25) is 0 Å². The molecule has 112 valence electrons. The summed E-state index contributed by atoms with van der Waals surface area (Å²) in [5.74, 6) is 1.70. The van der Waals surface area contributed by atoms with E-state index in [-0.39, 0.29) is 12.1 Å². The molecule has 0 radical (unpaired) electrons. The van der Waals surface area contributed by atoms with E-state index < -0.39 is 0 Å². The van der Waals surface area contributed by atoms with Gasteiger partial charge in [-0.1, -0.05) is 0 Å². The minimum atomic E-state index is 0.0697. The Morgan fingerprint density at radius 2 is 2.05 bits per heavy atom. The van der Waals surface area contributed by atoms with Crippen molar-refractivity contribution in [1.82, 2.24) is 4.90 Å². The number of nitrogens with zero attached hydrogens (tertiary/aromatic N) is 1. The molecule has 1 aromatic rings. The van der Waals surface area contributed by atoms with E-state index >= 15 is 0 Å². The predicted octanol–water partition coefficient (Wildman–Crippen LogP) is 1.12. The third kappa shape index (κ3) is 4.37. The Bertz CT molecular complexity index is 395. The van der Waals surface area contributed by atoms with Crippen molar-refractivity contribution >= 4 is 0 Å². The summed E-state index contributed by atoms with van der Waals surface area (Å²) in [6.07, 6.45) is 0.129. The van der Waals surface area contributed by atoms with Crippen LogP contribution in [0, 0.1) is 0 Å². The molecule has 1 aliphatic rings. The highest BCUT2D eigenvalue weighted by Crippen LogP contribution is 2.17. The Labute approximate surface area is 120 Å². The molecule has 2 rings (SSSR count). The largest absolute Gasteiger partial charge is 0.497 e. The summed E-state index contributed by atoms with van der Waals surface area (Å²) in [6, 6.07) is 7.71. The molecule has 1 aromatic carbocycles. The third-order valence-corrected chi connectivity index (χ3v) is 3.50. The Balaban J connectivity index is 1.72. The lowest BCUT2D eigenvalue weighted by Crippen LogP contribution is -2.50. The second-order valence-electron chi connectivity index (χ2n) is 5.09. The quantitative estimate of drug-likeness (QED) is 0.846. The molecule has 1 fully saturated rings. The zero-order valence-corrected chi connectivity index (χ0v) is 12.2. The van der Waals surface area contributed by atoms with Gasteiger partial charge in [0.15, 0.2) is 0 Å². The van der Waals surface area contributed by atoms with Crippen LogP contribution < -0.4 is 15.2 Å². The van der Waals surface area contributed by atoms with Crippen LogP contribution in [-0.4, -0.2) is 57.0 Å². The molecule has 2 atom stereocenters. The first kappa shape index (κ1) is 15.1. The molecule has 20 heavy (non-hydrogen) atoms. The standard InChI is InChI=1S/C15H24N2O3/c1-12(16)15-11-17(8-10-20-15)7-9-19-14-5-3-13(18-2)4-6-14/h3-6,12,15H,7-11,16H2,1-2H3. The van der Waals surface area contributed by atoms with Gasteiger partial charge >= 0.3 is 0 Å². The molecule has 0 saturated carbocycles. The lowest BCUT2D eigenvalue weighted by molar-refractivity contribution is -0.0402. The highest BCUT2D eigenvalue weighted by Gasteiger charge is 2.22. The van der Waals surface area contributed by atoms with Gasteiger partial charge in [-0.3, -0.25) is 4.90 Å². The topological polar surface area (TPSA) is 57.0 Å². The Morgan fingerprint density at radius 3 is 2.70 bits per heavy atom. The summed E-state index contributed by atoms with van der Waals surface area (Å²) < 4.78 is 16.5. The van der Waals surface area contributed by atoms with Crippen molar-refractivity contribution in [2.24, 2.45) is 5.73 Å². The second-order valence-corrected chi connectivity index (χ2v) is 5.09. The SMILES string of the molecule is COc1ccc(OCCN2CCOC(C(C)N)C2)cc1. The lowest BCUT2D eigenvalue weighted by atomic mass is 10.1. The minimum absolute atomic E-state index is 0.0697. The van der Waals surface area contributed by atoms with Crippen molar-refractivity contribution in [2.75, 3.05) is 40.0 Å². The van der Waals surface area contributed by atoms with E-state index in [0.717, 1.165) is 37.7 Å². The maximum absolute atomic E-state index is 5.88. The van der Waals surface area contributed by atoms with Crippen LogP contribution in [0.3, 0.4) is 0 Å². The molecule has 0 aliphatic carbocycles. The maximum Gasteiger partial charge on any atom is 0.119 e. The first-order chi connectivity index (χ1) is 9.69. The van der Waals surface area contributed by atoms with Gasteiger partial charge in [-0.15, -0.1) is 0 Å². The number of benzene rings is 1. The van der Waals surface area contributed by atoms with E-state index in [2.05, 4.69) is 4.90 Å². The summed E-state index contributed by atoms with van der Waals surface area (Å²) in [6.45, 7) is 6.10. The van der Waals surface area contributed by atoms with Crippen LogP contribution in [0.4, 0.5) is 0 Å². The van der Waals surface area contributed by atoms with Crippen LogP contribution in [-0.2, 0) is 4.74 Å². The average molecular weight is 280 g/mol.